The van der Waals surface area contributed by atoms with Gasteiger partial charge in [-0.3, -0.25) is 9.36 Å². The van der Waals surface area contributed by atoms with Crippen molar-refractivity contribution in [3.63, 3.8) is 0 Å². The van der Waals surface area contributed by atoms with Crippen molar-refractivity contribution in [2.24, 2.45) is 5.73 Å². The number of hydrogen-bond acceptors (Lipinski definition) is 5. The largest absolute Gasteiger partial charge is 0.465 e. The van der Waals surface area contributed by atoms with Crippen molar-refractivity contribution in [1.82, 2.24) is 0 Å². The summed E-state index contributed by atoms with van der Waals surface area (Å²) in [7, 11) is -4.27. The Labute approximate surface area is 106 Å². The molecule has 0 aromatic carbocycles. The second kappa shape index (κ2) is 7.66. The summed E-state index contributed by atoms with van der Waals surface area (Å²) in [6, 6.07) is -1.09. The van der Waals surface area contributed by atoms with Crippen LogP contribution in [0.2, 0.25) is 0 Å². The number of aliphatic hydroxyl groups excluding tert-OH is 1. The number of carbonyl (C=O) groups is 1. The minimum absolute atomic E-state index is 0.0399. The van der Waals surface area contributed by atoms with E-state index in [0.717, 1.165) is 0 Å². The van der Waals surface area contributed by atoms with Gasteiger partial charge in [-0.05, 0) is 20.3 Å². The van der Waals surface area contributed by atoms with Crippen LogP contribution in [0.4, 0.5) is 0 Å². The van der Waals surface area contributed by atoms with Gasteiger partial charge in [0.15, 0.2) is 0 Å². The minimum atomic E-state index is -4.27. The van der Waals surface area contributed by atoms with Crippen LogP contribution in [0.3, 0.4) is 0 Å². The second-order valence-corrected chi connectivity index (χ2v) is 5.62. The Kier molecular flexibility index (Phi) is 7.35. The number of rotatable bonds is 7. The fraction of sp³-hybridized carbons (Fsp3) is 0.700. The van der Waals surface area contributed by atoms with Crippen molar-refractivity contribution in [3.8, 4) is 0 Å². The highest BCUT2D eigenvalue weighted by molar-refractivity contribution is 7.52. The molecular weight excluding hydrogens is 261 g/mol. The molecule has 0 aliphatic heterocycles. The molecule has 2 unspecified atom stereocenters. The van der Waals surface area contributed by atoms with Gasteiger partial charge in [0.2, 0.25) is 0 Å². The number of ether oxygens (including phenoxy) is 1. The first-order valence-electron chi connectivity index (χ1n) is 5.50. The number of hydrogen-bond donors (Lipinski definition) is 4. The van der Waals surface area contributed by atoms with Gasteiger partial charge in [-0.1, -0.05) is 11.6 Å². The molecular formula is C10H20NO6P. The second-order valence-electron chi connectivity index (χ2n) is 3.98. The Morgan fingerprint density at radius 1 is 1.50 bits per heavy atom. The Morgan fingerprint density at radius 2 is 2.06 bits per heavy atom. The fourth-order valence-corrected chi connectivity index (χ4v) is 2.15. The third-order valence-corrected chi connectivity index (χ3v) is 2.76. The lowest BCUT2D eigenvalue weighted by atomic mass is 10.1. The molecule has 0 fully saturated rings. The molecule has 0 radical (unpaired) electrons. The summed E-state index contributed by atoms with van der Waals surface area (Å²) in [5.41, 5.74) is 5.75. The molecule has 0 amide bonds. The van der Waals surface area contributed by atoms with Crippen molar-refractivity contribution < 1.29 is 29.0 Å². The highest BCUT2D eigenvalue weighted by Gasteiger charge is 2.20. The zero-order chi connectivity index (χ0) is 14.3. The quantitative estimate of drug-likeness (QED) is 0.287. The van der Waals surface area contributed by atoms with Crippen LogP contribution in [0.5, 0.6) is 0 Å². The lowest BCUT2D eigenvalue weighted by Gasteiger charge is -2.13. The van der Waals surface area contributed by atoms with Crippen LogP contribution >= 0.6 is 7.60 Å². The molecule has 0 bridgehead atoms. The van der Waals surface area contributed by atoms with Crippen LogP contribution in [-0.4, -0.2) is 45.8 Å². The van der Waals surface area contributed by atoms with Crippen LogP contribution in [0.15, 0.2) is 11.6 Å². The normalized spacial score (nSPS) is 16.2. The van der Waals surface area contributed by atoms with Crippen LogP contribution in [-0.2, 0) is 14.1 Å². The predicted octanol–water partition coefficient (Wildman–Crippen LogP) is -0.248. The summed E-state index contributed by atoms with van der Waals surface area (Å²) in [6.07, 6.45) is -0.0512. The Bertz CT molecular complexity index is 348. The van der Waals surface area contributed by atoms with Gasteiger partial charge >= 0.3 is 13.6 Å². The maximum atomic E-state index is 11.3. The molecule has 0 saturated heterocycles. The van der Waals surface area contributed by atoms with E-state index >= 15 is 0 Å². The van der Waals surface area contributed by atoms with Crippen LogP contribution in [0.25, 0.3) is 0 Å². The van der Waals surface area contributed by atoms with E-state index in [2.05, 4.69) is 4.74 Å². The van der Waals surface area contributed by atoms with Gasteiger partial charge in [0.25, 0.3) is 0 Å². The zero-order valence-corrected chi connectivity index (χ0v) is 11.3. The Hall–Kier alpha value is -0.720. The Balaban J connectivity index is 4.83. The average molecular weight is 281 g/mol. The molecule has 5 N–H and O–H groups in total. The van der Waals surface area contributed by atoms with Gasteiger partial charge in [-0.25, -0.2) is 0 Å². The molecule has 0 aromatic heterocycles. The SMILES string of the molecule is CCOC(=O)C(N)/C=C(/CC(C)O)CP(=O)(O)O. The highest BCUT2D eigenvalue weighted by atomic mass is 31.2. The van der Waals surface area contributed by atoms with Crippen LogP contribution in [0, 0.1) is 0 Å². The first-order valence-corrected chi connectivity index (χ1v) is 7.30. The van der Waals surface area contributed by atoms with Crippen LogP contribution < -0.4 is 5.73 Å². The van der Waals surface area contributed by atoms with Gasteiger partial charge in [-0.2, -0.15) is 0 Å². The number of nitrogens with two attached hydrogens (primary N) is 1. The summed E-state index contributed by atoms with van der Waals surface area (Å²) in [4.78, 5) is 29.1. The summed E-state index contributed by atoms with van der Waals surface area (Å²) in [5, 5.41) is 9.22. The topological polar surface area (TPSA) is 130 Å². The van der Waals surface area contributed by atoms with E-state index in [1.54, 1.807) is 6.92 Å². The summed E-state index contributed by atoms with van der Waals surface area (Å²) >= 11 is 0. The maximum Gasteiger partial charge on any atom is 0.329 e. The zero-order valence-electron chi connectivity index (χ0n) is 10.4. The van der Waals surface area contributed by atoms with E-state index in [1.165, 1.54) is 13.0 Å². The van der Waals surface area contributed by atoms with Gasteiger partial charge in [0.05, 0.1) is 18.9 Å². The highest BCUT2D eigenvalue weighted by Crippen LogP contribution is 2.37. The molecule has 2 atom stereocenters. The van der Waals surface area contributed by atoms with E-state index in [4.69, 9.17) is 15.5 Å². The molecule has 106 valence electrons. The van der Waals surface area contributed by atoms with E-state index in [-0.39, 0.29) is 18.6 Å². The summed E-state index contributed by atoms with van der Waals surface area (Å²) in [6.45, 7) is 3.27. The number of esters is 1. The minimum Gasteiger partial charge on any atom is -0.465 e. The maximum absolute atomic E-state index is 11.3. The van der Waals surface area contributed by atoms with Crippen molar-refractivity contribution in [1.29, 1.82) is 0 Å². The van der Waals surface area contributed by atoms with Gasteiger partial charge in [0.1, 0.15) is 6.04 Å². The summed E-state index contributed by atoms with van der Waals surface area (Å²) < 4.78 is 15.6. The molecule has 7 nitrogen and oxygen atoms in total. The lowest BCUT2D eigenvalue weighted by Crippen LogP contribution is -2.31. The van der Waals surface area contributed by atoms with E-state index in [0.29, 0.717) is 0 Å². The number of aliphatic hydroxyl groups is 1. The fourth-order valence-electron chi connectivity index (χ4n) is 1.39. The molecule has 0 aliphatic rings. The lowest BCUT2D eigenvalue weighted by molar-refractivity contribution is -0.143. The summed E-state index contributed by atoms with van der Waals surface area (Å²) in [5.74, 6) is -0.675. The molecule has 0 aliphatic carbocycles. The third kappa shape index (κ3) is 8.38. The first-order chi connectivity index (χ1) is 8.15. The monoisotopic (exact) mass is 281 g/mol. The van der Waals surface area contributed by atoms with Crippen molar-refractivity contribution in [2.75, 3.05) is 12.8 Å². The average Bonchev–Trinajstić information content (AvgIpc) is 2.13. The van der Waals surface area contributed by atoms with E-state index in [9.17, 15) is 14.5 Å². The van der Waals surface area contributed by atoms with Crippen molar-refractivity contribution in [2.45, 2.75) is 32.4 Å². The number of carbonyl (C=O) groups excluding carboxylic acids is 1. The molecule has 0 saturated carbocycles. The van der Waals surface area contributed by atoms with Crippen LogP contribution in [0.1, 0.15) is 20.3 Å². The molecule has 0 aromatic rings. The van der Waals surface area contributed by atoms with E-state index in [1.807, 2.05) is 0 Å². The van der Waals surface area contributed by atoms with Crippen molar-refractivity contribution >= 4 is 13.6 Å². The molecule has 18 heavy (non-hydrogen) atoms. The molecule has 8 heteroatoms. The van der Waals surface area contributed by atoms with Gasteiger partial charge < -0.3 is 25.4 Å². The van der Waals surface area contributed by atoms with Gasteiger partial charge in [-0.15, -0.1) is 0 Å². The smallest absolute Gasteiger partial charge is 0.329 e. The first kappa shape index (κ1) is 17.3. The Morgan fingerprint density at radius 3 is 2.44 bits per heavy atom. The molecule has 0 rings (SSSR count). The third-order valence-electron chi connectivity index (χ3n) is 1.94. The van der Waals surface area contributed by atoms with Gasteiger partial charge in [0, 0.05) is 0 Å². The standard InChI is InChI=1S/C10H20NO6P/c1-3-17-10(13)9(11)5-8(4-7(2)12)6-18(14,15)16/h5,7,9,12H,3-4,6,11H2,1-2H3,(H2,14,15,16)/b8-5-. The van der Waals surface area contributed by atoms with Crippen molar-refractivity contribution in [3.05, 3.63) is 11.6 Å². The van der Waals surface area contributed by atoms with E-state index < -0.39 is 31.9 Å². The molecule has 0 spiro atoms. The molecule has 0 heterocycles. The predicted molar refractivity (Wildman–Crippen MR) is 65.9 cm³/mol.